The van der Waals surface area contributed by atoms with Crippen molar-refractivity contribution in [3.05, 3.63) is 49.4 Å². The zero-order valence-electron chi connectivity index (χ0n) is 23.6. The van der Waals surface area contributed by atoms with Gasteiger partial charge in [-0.1, -0.05) is 6.42 Å². The number of rotatable bonds is 5. The summed E-state index contributed by atoms with van der Waals surface area (Å²) in [5.74, 6) is 0. The molecule has 45 heavy (non-hydrogen) atoms. The molecular formula is C11H43Ac10N7No8NpO7P-3. The summed E-state index contributed by atoms with van der Waals surface area (Å²) in [4.78, 5) is 22.6. The van der Waals surface area contributed by atoms with E-state index in [4.69, 9.17) is 25.0 Å². The molecule has 0 atom stereocenters. The molecule has 0 aromatic heterocycles. The Kier molecular flexibility index (Phi) is 858. The molecule has 0 aromatic rings. The zero-order chi connectivity index (χ0) is 14.0. The molecule has 0 saturated heterocycles. The average Bonchev–Trinajstić information content (AvgIpc) is 2.27. The van der Waals surface area contributed by atoms with Crippen molar-refractivity contribution < 1.29 is 506 Å². The standard InChI is InChI=1S/C11H21N2.10Ac.5H2N.8No.Np.H3O4P.3H2O/c1-2-3-4-7-13-8-5-6-11(9-12)10-13;;;;;;;;;;;;;;;;;;;;;;;;;1-5(2,3)4;;;/h10H,1-9,12H2;;;;;;;;;;;5*1H2;;;;;;;;;;(H3,1,2,3,4);3*1H2/q-1;;;;;;;;;;;5*-1;;;;;;;;;;;;;/p+3. The summed E-state index contributed by atoms with van der Waals surface area (Å²) >= 11 is 0. The molecule has 0 aliphatic carbocycles. The summed E-state index contributed by atoms with van der Waals surface area (Å²) in [6.07, 6.45) is 8.28. The fourth-order valence-electron chi connectivity index (χ4n) is 1.72. The summed E-state index contributed by atoms with van der Waals surface area (Å²) in [6.45, 7) is 6.96. The van der Waals surface area contributed by atoms with Gasteiger partial charge >= 0.3 is 7.82 Å². The molecule has 0 unspecified atom stereocenters. The third-order valence-corrected chi connectivity index (χ3v) is 2.52. The third-order valence-electron chi connectivity index (χ3n) is 2.52. The summed E-state index contributed by atoms with van der Waals surface area (Å²) in [5.41, 5.74) is 7.02. The summed E-state index contributed by atoms with van der Waals surface area (Å²) in [6, 6.07) is 0. The first-order valence-corrected chi connectivity index (χ1v) is 7.71. The van der Waals surface area contributed by atoms with E-state index in [0.29, 0.717) is 0 Å². The van der Waals surface area contributed by atoms with E-state index in [1.165, 1.54) is 44.3 Å². The fraction of sp³-hybridized carbons (Fsp3) is 0.727. The van der Waals surface area contributed by atoms with E-state index in [1.807, 2.05) is 0 Å². The van der Waals surface area contributed by atoms with Crippen LogP contribution in [0.1, 0.15) is 32.1 Å². The van der Waals surface area contributed by atoms with Crippen molar-refractivity contribution in [2.75, 3.05) is 19.6 Å². The van der Waals surface area contributed by atoms with E-state index in [9.17, 15) is 0 Å². The van der Waals surface area contributed by atoms with Gasteiger partial charge in [-0.3, -0.25) is 9.79 Å². The normalized spacial score (nSPS) is 6.33. The molecular weight excluding hydrogens is 4950 g/mol. The minimum Gasteiger partial charge on any atom is -0.693 e. The van der Waals surface area contributed by atoms with Crippen LogP contribution in [0, 0.1) is 477 Å². The van der Waals surface area contributed by atoms with Gasteiger partial charge in [-0.25, -0.2) is 0 Å². The van der Waals surface area contributed by atoms with Gasteiger partial charge in [0.05, 0.1) is 0 Å². The molecule has 1 heterocycles. The van der Waals surface area contributed by atoms with Crippen molar-refractivity contribution >= 4 is 7.82 Å². The van der Waals surface area contributed by atoms with Gasteiger partial charge in [-0.15, -0.1) is 0 Å². The Hall–Kier alpha value is 6.72. The molecule has 0 amide bonds. The van der Waals surface area contributed by atoms with E-state index < -0.39 is 7.82 Å². The van der Waals surface area contributed by atoms with Crippen LogP contribution in [0.5, 0.6) is 0 Å². The SMILES string of the molecule is O.O=P(O)(O)[OH2+].[Ac].[Ac].[Ac].[Ac].[Ac].[Ac].[Ac].[Ac].[Ac].[Ac].[CH2-]CCCCN1C=C(CN)CCC1.[NH2-].[NH2-].[NH2-].[NH2-].[NH2-].[No].[No].[No].[No].[No].[No].[No].[No].[Np].[OH3+].[OH3+]. The number of unbranched alkanes of at least 4 members (excludes halogenated alkanes) is 2. The van der Waals surface area contributed by atoms with Crippen LogP contribution >= 0.6 is 7.82 Å². The van der Waals surface area contributed by atoms with E-state index in [1.54, 1.807) is 0 Å². The van der Waals surface area contributed by atoms with Gasteiger partial charge in [0, 0.05) is 490 Å². The molecule has 14 nitrogen and oxygen atoms in total. The Morgan fingerprint density at radius 3 is 1.18 bits per heavy atom. The molecule has 1 rings (SSSR count). The van der Waals surface area contributed by atoms with Crippen LogP contribution in [0.15, 0.2) is 11.8 Å². The second-order valence-electron chi connectivity index (χ2n) is 4.24. The second kappa shape index (κ2) is 163. The molecule has 0 bridgehead atoms. The van der Waals surface area contributed by atoms with Crippen molar-refractivity contribution in [1.29, 1.82) is 0 Å². The first-order valence-electron chi connectivity index (χ1n) is 6.10. The van der Waals surface area contributed by atoms with Crippen LogP contribution < -0.4 is 5.73 Å². The number of nitrogens with two attached hydrogens (primary N) is 6. The van der Waals surface area contributed by atoms with Gasteiger partial charge in [0.25, 0.3) is 0 Å². The van der Waals surface area contributed by atoms with Crippen LogP contribution in [0.2, 0.25) is 0 Å². The maximum atomic E-state index is 8.99. The molecule has 1 aliphatic rings. The van der Waals surface area contributed by atoms with Crippen molar-refractivity contribution in [3.8, 4) is 0 Å². The second-order valence-corrected chi connectivity index (χ2v) is 5.32. The van der Waals surface area contributed by atoms with Gasteiger partial charge in [0.15, 0.2) is 0 Å². The van der Waals surface area contributed by atoms with Gasteiger partial charge in [-0.05, 0) is 31.0 Å². The number of nitrogens with zero attached hydrogens (tertiary/aromatic N) is 1. The Labute approximate surface area is 605 Å². The molecule has 34 heteroatoms. The molecule has 0 spiro atoms. The molecule has 11 radical (unpaired) electrons. The van der Waals surface area contributed by atoms with E-state index in [0.717, 1.165) is 13.0 Å². The molecule has 0 fully saturated rings. The predicted molar refractivity (Wildman–Crippen MR) is 113 cm³/mol. The first kappa shape index (κ1) is 236. The molecule has 0 aromatic carbocycles. The van der Waals surface area contributed by atoms with Crippen molar-refractivity contribution in [3.63, 3.8) is 0 Å². The van der Waals surface area contributed by atoms with Crippen molar-refractivity contribution in [2.45, 2.75) is 32.1 Å². The fourth-order valence-corrected chi connectivity index (χ4v) is 1.72. The van der Waals surface area contributed by atoms with E-state index in [2.05, 4.69) is 18.0 Å². The predicted octanol–water partition coefficient (Wildman–Crippen LogP) is 1.65. The quantitative estimate of drug-likeness (QED) is 0.160. The van der Waals surface area contributed by atoms with Crippen LogP contribution in [0.3, 0.4) is 0 Å². The summed E-state index contributed by atoms with van der Waals surface area (Å²) in [7, 11) is -4.39. The van der Waals surface area contributed by atoms with Crippen molar-refractivity contribution in [1.82, 2.24) is 4.90 Å². The van der Waals surface area contributed by atoms with Crippen LogP contribution in [-0.2, 0) is 15.5 Å². The van der Waals surface area contributed by atoms with Crippen molar-refractivity contribution in [2.24, 2.45) is 5.73 Å². The molecule has 319 valence electrons. The summed E-state index contributed by atoms with van der Waals surface area (Å²) < 4.78 is 8.99. The summed E-state index contributed by atoms with van der Waals surface area (Å²) in [5, 5.41) is 0. The molecule has 24 N–H and O–H groups in total. The number of hydrogen-bond acceptors (Lipinski definition) is 3. The van der Waals surface area contributed by atoms with Crippen LogP contribution in [0.25, 0.3) is 30.8 Å². The molecule has 0 saturated carbocycles. The monoisotopic (exact) mass is 5000 g/mol. The smallest absolute Gasteiger partial charge is 0.628 e. The average molecular weight is 5000 g/mol. The van der Waals surface area contributed by atoms with E-state index >= 15 is 0 Å². The Bertz CT molecular complexity index is 368. The Morgan fingerprint density at radius 2 is 0.978 bits per heavy atom. The van der Waals surface area contributed by atoms with Gasteiger partial charge in [0.1, 0.15) is 0 Å². The zero-order valence-corrected chi connectivity index (χ0v) is 93.5. The minimum absolute atomic E-state index is 0. The van der Waals surface area contributed by atoms with Gasteiger partial charge in [-0.2, -0.15) is 11.0 Å². The van der Waals surface area contributed by atoms with Crippen LogP contribution in [-0.4, -0.2) is 44.7 Å². The Balaban J connectivity index is -0.00000000331. The maximum Gasteiger partial charge on any atom is 0.628 e. The third kappa shape index (κ3) is 214. The first-order chi connectivity index (χ1) is 8.36. The van der Waals surface area contributed by atoms with Gasteiger partial charge < -0.3 is 69.6 Å². The number of hydrogen-bond donors (Lipinski definition) is 3. The maximum absolute atomic E-state index is 8.99. The Morgan fingerprint density at radius 1 is 0.733 bits per heavy atom. The van der Waals surface area contributed by atoms with Crippen LogP contribution in [0.4, 0.5) is 0 Å². The molecule has 1 aliphatic heterocycles. The van der Waals surface area contributed by atoms with Gasteiger partial charge in [0.2, 0.25) is 0 Å². The minimum atomic E-state index is -4.39. The van der Waals surface area contributed by atoms with E-state index in [-0.39, 0.29) is 518 Å². The largest absolute Gasteiger partial charge is 0.693 e. The topological polar surface area (TPSA) is 375 Å².